The predicted octanol–water partition coefficient (Wildman–Crippen LogP) is 0.822. The SMILES string of the molecule is Cc1[nH]ncc1CNc1ccc(C(=O)N(C)C)nn1. The maximum atomic E-state index is 11.6. The summed E-state index contributed by atoms with van der Waals surface area (Å²) in [7, 11) is 3.36. The van der Waals surface area contributed by atoms with E-state index in [-0.39, 0.29) is 5.91 Å². The van der Waals surface area contributed by atoms with E-state index in [1.165, 1.54) is 4.90 Å². The Bertz CT molecular complexity index is 560. The largest absolute Gasteiger partial charge is 0.364 e. The van der Waals surface area contributed by atoms with Gasteiger partial charge in [0, 0.05) is 31.9 Å². The number of carbonyl (C=O) groups excluding carboxylic acids is 1. The van der Waals surface area contributed by atoms with Crippen molar-refractivity contribution in [3.05, 3.63) is 35.3 Å². The lowest BCUT2D eigenvalue weighted by Crippen LogP contribution is -2.23. The predicted molar refractivity (Wildman–Crippen MR) is 70.7 cm³/mol. The van der Waals surface area contributed by atoms with Gasteiger partial charge in [-0.2, -0.15) is 5.10 Å². The van der Waals surface area contributed by atoms with E-state index in [9.17, 15) is 4.79 Å². The average Bonchev–Trinajstić information content (AvgIpc) is 2.81. The highest BCUT2D eigenvalue weighted by atomic mass is 16.2. The first kappa shape index (κ1) is 13.0. The molecule has 7 heteroatoms. The average molecular weight is 260 g/mol. The van der Waals surface area contributed by atoms with Crippen LogP contribution in [0.15, 0.2) is 18.3 Å². The van der Waals surface area contributed by atoms with Gasteiger partial charge in [0.1, 0.15) is 5.82 Å². The summed E-state index contributed by atoms with van der Waals surface area (Å²) in [5.74, 6) is 0.459. The Labute approximate surface area is 111 Å². The molecule has 2 aromatic rings. The summed E-state index contributed by atoms with van der Waals surface area (Å²) in [6.45, 7) is 2.56. The number of aromatic nitrogens is 4. The van der Waals surface area contributed by atoms with E-state index in [0.717, 1.165) is 11.3 Å². The highest BCUT2D eigenvalue weighted by molar-refractivity contribution is 5.91. The van der Waals surface area contributed by atoms with Gasteiger partial charge in [-0.1, -0.05) is 0 Å². The normalized spacial score (nSPS) is 10.3. The zero-order valence-corrected chi connectivity index (χ0v) is 11.1. The first-order chi connectivity index (χ1) is 9.08. The third-order valence-electron chi connectivity index (χ3n) is 2.68. The van der Waals surface area contributed by atoms with Gasteiger partial charge in [0.2, 0.25) is 0 Å². The number of rotatable bonds is 4. The molecular formula is C12H16N6O. The Morgan fingerprint density at radius 2 is 2.16 bits per heavy atom. The number of aryl methyl sites for hydroxylation is 1. The van der Waals surface area contributed by atoms with Crippen LogP contribution in [0.1, 0.15) is 21.7 Å². The highest BCUT2D eigenvalue weighted by Gasteiger charge is 2.10. The summed E-state index contributed by atoms with van der Waals surface area (Å²) < 4.78 is 0. The summed E-state index contributed by atoms with van der Waals surface area (Å²) in [5.41, 5.74) is 2.41. The van der Waals surface area contributed by atoms with E-state index in [2.05, 4.69) is 25.7 Å². The molecule has 0 saturated carbocycles. The summed E-state index contributed by atoms with van der Waals surface area (Å²) >= 11 is 0. The van der Waals surface area contributed by atoms with Crippen molar-refractivity contribution < 1.29 is 4.79 Å². The number of amides is 1. The van der Waals surface area contributed by atoms with Crippen molar-refractivity contribution in [3.8, 4) is 0 Å². The minimum atomic E-state index is -0.162. The van der Waals surface area contributed by atoms with Crippen molar-refractivity contribution in [2.45, 2.75) is 13.5 Å². The molecule has 2 aromatic heterocycles. The highest BCUT2D eigenvalue weighted by Crippen LogP contribution is 2.08. The lowest BCUT2D eigenvalue weighted by molar-refractivity contribution is 0.0821. The Hall–Kier alpha value is -2.44. The van der Waals surface area contributed by atoms with Crippen LogP contribution in [-0.2, 0) is 6.54 Å². The molecule has 0 saturated heterocycles. The maximum Gasteiger partial charge on any atom is 0.273 e. The zero-order chi connectivity index (χ0) is 13.8. The second-order valence-electron chi connectivity index (χ2n) is 4.38. The Morgan fingerprint density at radius 1 is 1.37 bits per heavy atom. The van der Waals surface area contributed by atoms with Crippen LogP contribution in [0.3, 0.4) is 0 Å². The summed E-state index contributed by atoms with van der Waals surface area (Å²) in [4.78, 5) is 13.1. The molecule has 0 fully saturated rings. The van der Waals surface area contributed by atoms with Crippen LogP contribution >= 0.6 is 0 Å². The number of nitrogens with one attached hydrogen (secondary N) is 2. The van der Waals surface area contributed by atoms with Crippen LogP contribution in [0.5, 0.6) is 0 Å². The van der Waals surface area contributed by atoms with Crippen LogP contribution in [-0.4, -0.2) is 45.3 Å². The Morgan fingerprint density at radius 3 is 2.68 bits per heavy atom. The third kappa shape index (κ3) is 3.06. The van der Waals surface area contributed by atoms with Crippen LogP contribution in [0.4, 0.5) is 5.82 Å². The fourth-order valence-corrected chi connectivity index (χ4v) is 1.51. The van der Waals surface area contributed by atoms with Crippen molar-refractivity contribution in [2.24, 2.45) is 0 Å². The topological polar surface area (TPSA) is 86.8 Å². The standard InChI is InChI=1S/C12H16N6O/c1-8-9(7-14-15-8)6-13-11-5-4-10(16-17-11)12(19)18(2)3/h4-5,7H,6H2,1-3H3,(H,13,17)(H,14,15). The van der Waals surface area contributed by atoms with Crippen molar-refractivity contribution in [3.63, 3.8) is 0 Å². The molecule has 2 heterocycles. The minimum Gasteiger partial charge on any atom is -0.364 e. The minimum absolute atomic E-state index is 0.162. The van der Waals surface area contributed by atoms with Crippen molar-refractivity contribution in [1.82, 2.24) is 25.3 Å². The summed E-state index contributed by atoms with van der Waals surface area (Å²) in [6.07, 6.45) is 1.76. The number of aromatic amines is 1. The van der Waals surface area contributed by atoms with Crippen LogP contribution in [0, 0.1) is 6.92 Å². The molecule has 2 rings (SSSR count). The molecular weight excluding hydrogens is 244 g/mol. The Kier molecular flexibility index (Phi) is 3.74. The molecule has 7 nitrogen and oxygen atoms in total. The van der Waals surface area contributed by atoms with E-state index < -0.39 is 0 Å². The molecule has 0 unspecified atom stereocenters. The number of hydrogen-bond donors (Lipinski definition) is 2. The summed E-state index contributed by atoms with van der Waals surface area (Å²) in [5, 5.41) is 17.8. The van der Waals surface area contributed by atoms with E-state index in [0.29, 0.717) is 18.1 Å². The second-order valence-corrected chi connectivity index (χ2v) is 4.38. The number of carbonyl (C=O) groups is 1. The van der Waals surface area contributed by atoms with Crippen molar-refractivity contribution in [1.29, 1.82) is 0 Å². The van der Waals surface area contributed by atoms with Gasteiger partial charge in [-0.05, 0) is 19.1 Å². The molecule has 19 heavy (non-hydrogen) atoms. The molecule has 0 bridgehead atoms. The van der Waals surface area contributed by atoms with E-state index in [4.69, 9.17) is 0 Å². The van der Waals surface area contributed by atoms with Crippen molar-refractivity contribution >= 4 is 11.7 Å². The van der Waals surface area contributed by atoms with Crippen LogP contribution in [0.25, 0.3) is 0 Å². The molecule has 0 radical (unpaired) electrons. The quantitative estimate of drug-likeness (QED) is 0.850. The second kappa shape index (κ2) is 5.47. The number of anilines is 1. The van der Waals surface area contributed by atoms with Gasteiger partial charge in [-0.15, -0.1) is 10.2 Å². The summed E-state index contributed by atoms with van der Waals surface area (Å²) in [6, 6.07) is 3.39. The van der Waals surface area contributed by atoms with Gasteiger partial charge in [0.25, 0.3) is 5.91 Å². The fraction of sp³-hybridized carbons (Fsp3) is 0.333. The number of nitrogens with zero attached hydrogens (tertiary/aromatic N) is 4. The van der Waals surface area contributed by atoms with Crippen LogP contribution in [0.2, 0.25) is 0 Å². The van der Waals surface area contributed by atoms with E-state index >= 15 is 0 Å². The first-order valence-electron chi connectivity index (χ1n) is 5.86. The monoisotopic (exact) mass is 260 g/mol. The number of H-pyrrole nitrogens is 1. The molecule has 2 N–H and O–H groups in total. The molecule has 0 aliphatic carbocycles. The van der Waals surface area contributed by atoms with Gasteiger partial charge in [-0.25, -0.2) is 0 Å². The molecule has 0 aliphatic heterocycles. The number of hydrogen-bond acceptors (Lipinski definition) is 5. The fourth-order valence-electron chi connectivity index (χ4n) is 1.51. The van der Waals surface area contributed by atoms with Gasteiger partial charge in [-0.3, -0.25) is 9.89 Å². The van der Waals surface area contributed by atoms with Gasteiger partial charge < -0.3 is 10.2 Å². The molecule has 0 spiro atoms. The lowest BCUT2D eigenvalue weighted by atomic mass is 10.2. The van der Waals surface area contributed by atoms with E-state index in [1.807, 2.05) is 6.92 Å². The lowest BCUT2D eigenvalue weighted by Gasteiger charge is -2.09. The first-order valence-corrected chi connectivity index (χ1v) is 5.86. The maximum absolute atomic E-state index is 11.6. The van der Waals surface area contributed by atoms with Gasteiger partial charge in [0.15, 0.2) is 5.69 Å². The zero-order valence-electron chi connectivity index (χ0n) is 11.1. The molecule has 0 aromatic carbocycles. The van der Waals surface area contributed by atoms with Gasteiger partial charge >= 0.3 is 0 Å². The Balaban J connectivity index is 1.99. The molecule has 0 atom stereocenters. The smallest absolute Gasteiger partial charge is 0.273 e. The van der Waals surface area contributed by atoms with Crippen LogP contribution < -0.4 is 5.32 Å². The third-order valence-corrected chi connectivity index (χ3v) is 2.68. The van der Waals surface area contributed by atoms with Crippen molar-refractivity contribution in [2.75, 3.05) is 19.4 Å². The van der Waals surface area contributed by atoms with Gasteiger partial charge in [0.05, 0.1) is 6.20 Å². The molecule has 0 aliphatic rings. The molecule has 100 valence electrons. The van der Waals surface area contributed by atoms with E-state index in [1.54, 1.807) is 32.4 Å². The molecule has 1 amide bonds.